The zero-order chi connectivity index (χ0) is 17.7. The van der Waals surface area contributed by atoms with Gasteiger partial charge in [0.2, 0.25) is 0 Å². The Bertz CT molecular complexity index is 999. The van der Waals surface area contributed by atoms with Crippen LogP contribution in [-0.2, 0) is 11.2 Å². The van der Waals surface area contributed by atoms with E-state index in [1.54, 1.807) is 11.4 Å². The number of carboxylic acids is 1. The van der Waals surface area contributed by atoms with Crippen molar-refractivity contribution < 1.29 is 20.3 Å². The number of carboxylic acid groups (broad SMARTS) is 1. The van der Waals surface area contributed by atoms with Gasteiger partial charge in [-0.05, 0) is 39.7 Å². The Kier molecular flexibility index (Phi) is 4.10. The van der Waals surface area contributed by atoms with Crippen molar-refractivity contribution in [2.45, 2.75) is 18.5 Å². The Labute approximate surface area is 160 Å². The first-order chi connectivity index (χ1) is 12.0. The van der Waals surface area contributed by atoms with Crippen molar-refractivity contribution in [2.24, 2.45) is 0 Å². The molecule has 1 aromatic heterocycles. The molecule has 4 rings (SSSR count). The summed E-state index contributed by atoms with van der Waals surface area (Å²) in [5.74, 6) is -0.998. The number of carbonyl (C=O) groups excluding carboxylic acids is 1. The number of halogens is 2. The number of carbonyl (C=O) groups is 1. The minimum atomic E-state index is -1.10. The van der Waals surface area contributed by atoms with Crippen LogP contribution in [0.15, 0.2) is 45.3 Å². The number of nitrogens with two attached hydrogens (primary N) is 1. The molecule has 0 bridgehead atoms. The first kappa shape index (κ1) is 16.6. The summed E-state index contributed by atoms with van der Waals surface area (Å²) in [5, 5.41) is 24.9. The van der Waals surface area contributed by atoms with Crippen LogP contribution in [-0.4, -0.2) is 22.1 Å². The third kappa shape index (κ3) is 2.76. The van der Waals surface area contributed by atoms with Gasteiger partial charge >= 0.3 is 0 Å². The molecule has 5 nitrogen and oxygen atoms in total. The predicted octanol–water partition coefficient (Wildman–Crippen LogP) is 1.73. The average molecular weight is 466 g/mol. The quantitative estimate of drug-likeness (QED) is 0.538. The van der Waals surface area contributed by atoms with Gasteiger partial charge in [-0.25, -0.2) is 0 Å². The molecule has 0 saturated carbocycles. The summed E-state index contributed by atoms with van der Waals surface area (Å²) < 4.78 is 1.35. The molecule has 0 aliphatic carbocycles. The molecule has 3 aromatic rings. The number of quaternary nitrogens is 1. The van der Waals surface area contributed by atoms with Crippen LogP contribution in [0.3, 0.4) is 0 Å². The van der Waals surface area contributed by atoms with Gasteiger partial charge < -0.3 is 25.3 Å². The van der Waals surface area contributed by atoms with Crippen molar-refractivity contribution in [1.29, 1.82) is 0 Å². The van der Waals surface area contributed by atoms with E-state index in [2.05, 4.69) is 36.8 Å². The lowest BCUT2D eigenvalue weighted by Crippen LogP contribution is -2.95. The second-order valence-electron chi connectivity index (χ2n) is 6.19. The number of benzene rings is 2. The summed E-state index contributed by atoms with van der Waals surface area (Å²) in [5.41, 5.74) is 3.48. The number of aliphatic carboxylic acids is 1. The topological polar surface area (TPSA) is 92.8 Å². The van der Waals surface area contributed by atoms with E-state index in [1.165, 1.54) is 0 Å². The van der Waals surface area contributed by atoms with Crippen LogP contribution in [0.4, 0.5) is 0 Å². The SMILES string of the molecule is O=C([O-])C1Cc2c([nH]c3ccccc23)C(c2cc(Br)cc(Br)c2O)[NH2+]1. The Hall–Kier alpha value is -1.83. The number of hydrogen-bond donors (Lipinski definition) is 3. The van der Waals surface area contributed by atoms with Gasteiger partial charge in [0, 0.05) is 21.8 Å². The van der Waals surface area contributed by atoms with Crippen LogP contribution in [0.2, 0.25) is 0 Å². The van der Waals surface area contributed by atoms with Crippen LogP contribution < -0.4 is 10.4 Å². The van der Waals surface area contributed by atoms with Crippen molar-refractivity contribution in [3.05, 3.63) is 62.2 Å². The number of aromatic amines is 1. The summed E-state index contributed by atoms with van der Waals surface area (Å²) in [6.07, 6.45) is 0.383. The van der Waals surface area contributed by atoms with E-state index in [4.69, 9.17) is 0 Å². The molecule has 1 aliphatic rings. The second-order valence-corrected chi connectivity index (χ2v) is 7.96. The van der Waals surface area contributed by atoms with Gasteiger partial charge in [0.05, 0.1) is 21.7 Å². The lowest BCUT2D eigenvalue weighted by molar-refractivity contribution is -0.717. The van der Waals surface area contributed by atoms with E-state index in [0.29, 0.717) is 16.5 Å². The van der Waals surface area contributed by atoms with E-state index >= 15 is 0 Å². The van der Waals surface area contributed by atoms with Crippen molar-refractivity contribution in [1.82, 2.24) is 4.98 Å². The maximum Gasteiger partial charge on any atom is 0.157 e. The monoisotopic (exact) mass is 464 g/mol. The number of nitrogens with one attached hydrogen (secondary N) is 1. The number of fused-ring (bicyclic) bond motifs is 3. The number of H-pyrrole nitrogens is 1. The molecule has 2 heterocycles. The second kappa shape index (κ2) is 6.16. The van der Waals surface area contributed by atoms with E-state index in [1.807, 2.05) is 30.3 Å². The number of aromatic hydroxyl groups is 1. The van der Waals surface area contributed by atoms with Crippen molar-refractivity contribution in [3.63, 3.8) is 0 Å². The Balaban J connectivity index is 1.96. The van der Waals surface area contributed by atoms with Crippen LogP contribution >= 0.6 is 31.9 Å². The highest BCUT2D eigenvalue weighted by Gasteiger charge is 2.36. The number of aromatic nitrogens is 1. The Morgan fingerprint density at radius 1 is 1.28 bits per heavy atom. The molecule has 2 aromatic carbocycles. The average Bonchev–Trinajstić information content (AvgIpc) is 2.96. The largest absolute Gasteiger partial charge is 0.544 e. The smallest absolute Gasteiger partial charge is 0.157 e. The molecule has 0 spiro atoms. The molecule has 1 aliphatic heterocycles. The fourth-order valence-electron chi connectivity index (χ4n) is 3.57. The van der Waals surface area contributed by atoms with Crippen LogP contribution in [0, 0.1) is 0 Å². The van der Waals surface area contributed by atoms with Crippen LogP contribution in [0.25, 0.3) is 10.9 Å². The van der Waals surface area contributed by atoms with Crippen molar-refractivity contribution in [2.75, 3.05) is 0 Å². The zero-order valence-electron chi connectivity index (χ0n) is 12.9. The lowest BCUT2D eigenvalue weighted by atomic mass is 9.90. The molecule has 4 N–H and O–H groups in total. The maximum atomic E-state index is 11.6. The fraction of sp³-hybridized carbons (Fsp3) is 0.167. The normalized spacial score (nSPS) is 19.8. The molecule has 7 heteroatoms. The summed E-state index contributed by atoms with van der Waals surface area (Å²) in [4.78, 5) is 15.0. The minimum absolute atomic E-state index is 0.105. The molecule has 128 valence electrons. The van der Waals surface area contributed by atoms with Gasteiger partial charge in [-0.2, -0.15) is 0 Å². The Morgan fingerprint density at radius 3 is 2.80 bits per heavy atom. The highest BCUT2D eigenvalue weighted by molar-refractivity contribution is 9.11. The number of para-hydroxylation sites is 1. The van der Waals surface area contributed by atoms with E-state index in [0.717, 1.165) is 26.6 Å². The van der Waals surface area contributed by atoms with E-state index in [-0.39, 0.29) is 11.8 Å². The molecule has 0 radical (unpaired) electrons. The van der Waals surface area contributed by atoms with Gasteiger partial charge in [0.25, 0.3) is 0 Å². The van der Waals surface area contributed by atoms with Crippen molar-refractivity contribution >= 4 is 48.7 Å². The minimum Gasteiger partial charge on any atom is -0.544 e. The highest BCUT2D eigenvalue weighted by Crippen LogP contribution is 2.39. The molecule has 0 saturated heterocycles. The standard InChI is InChI=1S/C18H14Br2N2O3/c19-8-5-11(17(23)12(20)6-8)16-15-10(7-14(22-16)18(24)25)9-3-1-2-4-13(9)21-15/h1-6,14,16,21-23H,7H2,(H,24,25). The third-order valence-electron chi connectivity index (χ3n) is 4.70. The number of hydrogen-bond acceptors (Lipinski definition) is 3. The molecular weight excluding hydrogens is 452 g/mol. The van der Waals surface area contributed by atoms with Crippen LogP contribution in [0.1, 0.15) is 22.9 Å². The molecule has 2 atom stereocenters. The summed E-state index contributed by atoms with van der Waals surface area (Å²) in [6.45, 7) is 0. The number of phenolic OH excluding ortho intramolecular Hbond substituents is 1. The molecule has 2 unspecified atom stereocenters. The summed E-state index contributed by atoms with van der Waals surface area (Å²) >= 11 is 6.79. The fourth-order valence-corrected chi connectivity index (χ4v) is 4.83. The lowest BCUT2D eigenvalue weighted by Gasteiger charge is -2.29. The highest BCUT2D eigenvalue weighted by atomic mass is 79.9. The molecule has 0 fully saturated rings. The summed E-state index contributed by atoms with van der Waals surface area (Å²) in [6, 6.07) is 10.3. The van der Waals surface area contributed by atoms with Gasteiger partial charge in [0.15, 0.2) is 6.04 Å². The maximum absolute atomic E-state index is 11.6. The van der Waals surface area contributed by atoms with E-state index in [9.17, 15) is 15.0 Å². The van der Waals surface area contributed by atoms with E-state index < -0.39 is 12.0 Å². The summed E-state index contributed by atoms with van der Waals surface area (Å²) in [7, 11) is 0. The van der Waals surface area contributed by atoms with Gasteiger partial charge in [0.1, 0.15) is 11.8 Å². The number of rotatable bonds is 2. The zero-order valence-corrected chi connectivity index (χ0v) is 16.1. The molecule has 0 amide bonds. The van der Waals surface area contributed by atoms with Crippen LogP contribution in [0.5, 0.6) is 5.75 Å². The molecule has 25 heavy (non-hydrogen) atoms. The molecular formula is C18H14Br2N2O3. The first-order valence-electron chi connectivity index (χ1n) is 7.79. The van der Waals surface area contributed by atoms with Crippen molar-refractivity contribution in [3.8, 4) is 5.75 Å². The van der Waals surface area contributed by atoms with Gasteiger partial charge in [-0.15, -0.1) is 0 Å². The van der Waals surface area contributed by atoms with Gasteiger partial charge in [-0.1, -0.05) is 34.1 Å². The predicted molar refractivity (Wildman–Crippen MR) is 98.1 cm³/mol. The number of phenols is 1. The first-order valence-corrected chi connectivity index (χ1v) is 9.37. The third-order valence-corrected chi connectivity index (χ3v) is 5.76. The Morgan fingerprint density at radius 2 is 2.04 bits per heavy atom. The van der Waals surface area contributed by atoms with Gasteiger partial charge in [-0.3, -0.25) is 0 Å².